The lowest BCUT2D eigenvalue weighted by molar-refractivity contribution is -0.125. The number of nitrogens with one attached hydrogen (secondary N) is 1. The molecular weight excluding hydrogens is 354 g/mol. The summed E-state index contributed by atoms with van der Waals surface area (Å²) in [6.45, 7) is 2.16. The average Bonchev–Trinajstić information content (AvgIpc) is 2.64. The fourth-order valence-electron chi connectivity index (χ4n) is 2.85. The van der Waals surface area contributed by atoms with Gasteiger partial charge in [0.05, 0.1) is 18.8 Å². The van der Waals surface area contributed by atoms with Crippen molar-refractivity contribution >= 4 is 29.1 Å². The summed E-state index contributed by atoms with van der Waals surface area (Å²) in [5.41, 5.74) is 6.99. The molecule has 6 nitrogen and oxygen atoms in total. The van der Waals surface area contributed by atoms with Crippen LogP contribution in [0.15, 0.2) is 48.5 Å². The third kappa shape index (κ3) is 3.98. The molecule has 2 amide bonds. The Hall–Kier alpha value is -2.57. The molecule has 7 heteroatoms. The highest BCUT2D eigenvalue weighted by Gasteiger charge is 2.32. The maximum Gasteiger partial charge on any atom is 0.260 e. The number of carbonyl (C=O) groups excluding carboxylic acids is 2. The second-order valence-corrected chi connectivity index (χ2v) is 6.57. The molecule has 1 heterocycles. The minimum Gasteiger partial charge on any atom is -0.477 e. The van der Waals surface area contributed by atoms with E-state index >= 15 is 0 Å². The topological polar surface area (TPSA) is 84.7 Å². The lowest BCUT2D eigenvalue weighted by Gasteiger charge is -2.33. The maximum absolute atomic E-state index is 12.8. The van der Waals surface area contributed by atoms with E-state index in [0.717, 1.165) is 5.56 Å². The fraction of sp³-hybridized carbons (Fsp3) is 0.263. The van der Waals surface area contributed by atoms with E-state index in [1.54, 1.807) is 24.3 Å². The van der Waals surface area contributed by atoms with Gasteiger partial charge in [0.25, 0.3) is 5.91 Å². The van der Waals surface area contributed by atoms with E-state index in [2.05, 4.69) is 5.32 Å². The molecule has 136 valence electrons. The largest absolute Gasteiger partial charge is 0.477 e. The van der Waals surface area contributed by atoms with Crippen molar-refractivity contribution in [2.75, 3.05) is 18.0 Å². The van der Waals surface area contributed by atoms with Gasteiger partial charge in [0.2, 0.25) is 5.91 Å². The second-order valence-electron chi connectivity index (χ2n) is 6.14. The Bertz CT molecular complexity index is 827. The smallest absolute Gasteiger partial charge is 0.260 e. The number of para-hydroxylation sites is 2. The molecule has 0 spiro atoms. The van der Waals surface area contributed by atoms with Crippen molar-refractivity contribution in [3.05, 3.63) is 59.1 Å². The normalized spacial score (nSPS) is 17.2. The second kappa shape index (κ2) is 7.76. The highest BCUT2D eigenvalue weighted by atomic mass is 35.5. The molecule has 0 saturated carbocycles. The molecule has 1 aliphatic rings. The van der Waals surface area contributed by atoms with E-state index < -0.39 is 12.0 Å². The summed E-state index contributed by atoms with van der Waals surface area (Å²) >= 11 is 6.01. The molecule has 2 aromatic carbocycles. The number of fused-ring (bicyclic) bond motifs is 1. The van der Waals surface area contributed by atoms with Gasteiger partial charge in [-0.3, -0.25) is 9.59 Å². The van der Waals surface area contributed by atoms with E-state index in [9.17, 15) is 9.59 Å². The number of anilines is 1. The highest BCUT2D eigenvalue weighted by Crippen LogP contribution is 2.33. The van der Waals surface area contributed by atoms with Crippen LogP contribution in [-0.2, 0) is 9.59 Å². The summed E-state index contributed by atoms with van der Waals surface area (Å²) in [7, 11) is 0. The first kappa shape index (κ1) is 18.2. The van der Waals surface area contributed by atoms with Crippen LogP contribution in [-0.4, -0.2) is 31.0 Å². The molecule has 26 heavy (non-hydrogen) atoms. The quantitative estimate of drug-likeness (QED) is 0.842. The third-order valence-corrected chi connectivity index (χ3v) is 4.54. The highest BCUT2D eigenvalue weighted by molar-refractivity contribution is 6.30. The van der Waals surface area contributed by atoms with Crippen LogP contribution in [0.5, 0.6) is 5.75 Å². The molecule has 0 unspecified atom stereocenters. The summed E-state index contributed by atoms with van der Waals surface area (Å²) in [5.74, 6) is -0.294. The Labute approximate surface area is 156 Å². The van der Waals surface area contributed by atoms with Crippen LogP contribution in [0.3, 0.4) is 0 Å². The number of benzene rings is 2. The lowest BCUT2D eigenvalue weighted by Crippen LogP contribution is -2.51. The van der Waals surface area contributed by atoms with Crippen molar-refractivity contribution in [3.8, 4) is 5.75 Å². The number of nitrogens with two attached hydrogens (primary N) is 1. The van der Waals surface area contributed by atoms with E-state index in [1.165, 1.54) is 4.90 Å². The average molecular weight is 374 g/mol. The number of carbonyl (C=O) groups is 2. The summed E-state index contributed by atoms with van der Waals surface area (Å²) in [6.07, 6.45) is -0.862. The van der Waals surface area contributed by atoms with E-state index in [4.69, 9.17) is 22.1 Å². The van der Waals surface area contributed by atoms with Gasteiger partial charge in [-0.1, -0.05) is 35.9 Å². The molecular formula is C19H20ClN3O3. The zero-order valence-corrected chi connectivity index (χ0v) is 15.1. The van der Waals surface area contributed by atoms with Crippen molar-refractivity contribution in [2.45, 2.75) is 19.1 Å². The molecule has 3 rings (SSSR count). The lowest BCUT2D eigenvalue weighted by atomic mass is 10.1. The molecule has 0 fully saturated rings. The van der Waals surface area contributed by atoms with Gasteiger partial charge in [-0.25, -0.2) is 0 Å². The first-order chi connectivity index (χ1) is 12.5. The maximum atomic E-state index is 12.8. The number of nitrogens with zero attached hydrogens (tertiary/aromatic N) is 1. The van der Waals surface area contributed by atoms with Gasteiger partial charge in [0.1, 0.15) is 5.75 Å². The van der Waals surface area contributed by atoms with Gasteiger partial charge in [0.15, 0.2) is 6.10 Å². The first-order valence-corrected chi connectivity index (χ1v) is 8.67. The predicted molar refractivity (Wildman–Crippen MR) is 100 cm³/mol. The van der Waals surface area contributed by atoms with Crippen LogP contribution in [0, 0.1) is 0 Å². The molecule has 0 radical (unpaired) electrons. The Morgan fingerprint density at radius 3 is 2.81 bits per heavy atom. The minimum atomic E-state index is -0.862. The first-order valence-electron chi connectivity index (χ1n) is 8.30. The summed E-state index contributed by atoms with van der Waals surface area (Å²) in [6, 6.07) is 14.5. The van der Waals surface area contributed by atoms with E-state index in [0.29, 0.717) is 16.5 Å². The monoisotopic (exact) mass is 373 g/mol. The fourth-order valence-corrected chi connectivity index (χ4v) is 3.05. The van der Waals surface area contributed by atoms with Gasteiger partial charge in [-0.2, -0.15) is 0 Å². The number of amides is 2. The molecule has 2 atom stereocenters. The molecule has 3 N–H and O–H groups in total. The van der Waals surface area contributed by atoms with Gasteiger partial charge >= 0.3 is 0 Å². The number of primary amides is 1. The van der Waals surface area contributed by atoms with E-state index in [-0.39, 0.29) is 25.0 Å². The number of ether oxygens (including phenoxy) is 1. The van der Waals surface area contributed by atoms with Crippen molar-refractivity contribution < 1.29 is 14.3 Å². The van der Waals surface area contributed by atoms with Crippen molar-refractivity contribution in [3.63, 3.8) is 0 Å². The van der Waals surface area contributed by atoms with Crippen molar-refractivity contribution in [1.29, 1.82) is 0 Å². The number of rotatable bonds is 5. The van der Waals surface area contributed by atoms with Crippen molar-refractivity contribution in [2.24, 2.45) is 5.73 Å². The summed E-state index contributed by atoms with van der Waals surface area (Å²) in [5, 5.41) is 3.84. The summed E-state index contributed by atoms with van der Waals surface area (Å²) in [4.78, 5) is 25.8. The predicted octanol–water partition coefficient (Wildman–Crippen LogP) is 2.27. The molecule has 0 aromatic heterocycles. The van der Waals surface area contributed by atoms with Gasteiger partial charge in [-0.15, -0.1) is 0 Å². The van der Waals surface area contributed by atoms with Crippen LogP contribution in [0.4, 0.5) is 5.69 Å². The molecule has 0 saturated heterocycles. The molecule has 2 aromatic rings. The molecule has 1 aliphatic heterocycles. The SMILES string of the molecule is C[C@H](NCC(=O)N1C[C@@H](C(N)=O)Oc2ccccc21)c1cccc(Cl)c1. The third-order valence-electron chi connectivity index (χ3n) is 4.30. The molecule has 0 aliphatic carbocycles. The van der Waals surface area contributed by atoms with Crippen LogP contribution >= 0.6 is 11.6 Å². The molecule has 0 bridgehead atoms. The van der Waals surface area contributed by atoms with Crippen molar-refractivity contribution in [1.82, 2.24) is 5.32 Å². The number of hydrogen-bond donors (Lipinski definition) is 2. The minimum absolute atomic E-state index is 0.0547. The van der Waals surface area contributed by atoms with Gasteiger partial charge < -0.3 is 20.7 Å². The van der Waals surface area contributed by atoms with Gasteiger partial charge in [0, 0.05) is 11.1 Å². The zero-order valence-electron chi connectivity index (χ0n) is 14.3. The van der Waals surface area contributed by atoms with E-state index in [1.807, 2.05) is 31.2 Å². The Kier molecular flexibility index (Phi) is 5.44. The van der Waals surface area contributed by atoms with Gasteiger partial charge in [-0.05, 0) is 36.8 Å². The summed E-state index contributed by atoms with van der Waals surface area (Å²) < 4.78 is 5.58. The Morgan fingerprint density at radius 1 is 1.31 bits per heavy atom. The van der Waals surface area contributed by atoms with Crippen LogP contribution < -0.4 is 20.7 Å². The van der Waals surface area contributed by atoms with Crippen LogP contribution in [0.25, 0.3) is 0 Å². The van der Waals surface area contributed by atoms with Crippen LogP contribution in [0.2, 0.25) is 5.02 Å². The number of halogens is 1. The Balaban J connectivity index is 1.71. The number of hydrogen-bond acceptors (Lipinski definition) is 4. The standard InChI is InChI=1S/C19H20ClN3O3/c1-12(13-5-4-6-14(20)9-13)22-10-18(24)23-11-17(19(21)25)26-16-8-3-2-7-15(16)23/h2-9,12,17,22H,10-11H2,1H3,(H2,21,25)/t12-,17-/m0/s1. The zero-order chi connectivity index (χ0) is 18.7. The van der Waals surface area contributed by atoms with Crippen LogP contribution in [0.1, 0.15) is 18.5 Å². The Morgan fingerprint density at radius 2 is 2.08 bits per heavy atom.